The van der Waals surface area contributed by atoms with Crippen molar-refractivity contribution in [3.63, 3.8) is 0 Å². The highest BCUT2D eigenvalue weighted by atomic mass is 35.5. The first-order valence-corrected chi connectivity index (χ1v) is 10.0. The van der Waals surface area contributed by atoms with E-state index in [4.69, 9.17) is 23.2 Å². The fourth-order valence-electron chi connectivity index (χ4n) is 2.24. The number of carbonyl (C=O) groups excluding carboxylic acids is 1. The summed E-state index contributed by atoms with van der Waals surface area (Å²) in [7, 11) is -4.11. The fourth-order valence-corrected chi connectivity index (χ4v) is 3.96. The van der Waals surface area contributed by atoms with Crippen molar-refractivity contribution in [3.05, 3.63) is 76.5 Å². The van der Waals surface area contributed by atoms with Crippen LogP contribution in [-0.2, 0) is 21.4 Å². The molecule has 0 saturated heterocycles. The number of hydrogen-bond acceptors (Lipinski definition) is 3. The molecule has 5 nitrogen and oxygen atoms in total. The molecule has 0 aliphatic carbocycles. The van der Waals surface area contributed by atoms with E-state index in [1.165, 1.54) is 48.5 Å². The molecule has 1 amide bonds. The Kier molecular flexibility index (Phi) is 7.38. The second-order valence-corrected chi connectivity index (χ2v) is 8.30. The third-order valence-corrected chi connectivity index (χ3v) is 6.02. The lowest BCUT2D eigenvalue weighted by molar-refractivity contribution is -0.121. The Morgan fingerprint density at radius 1 is 1.19 bits per heavy atom. The van der Waals surface area contributed by atoms with Crippen molar-refractivity contribution >= 4 is 39.1 Å². The molecule has 2 rings (SSSR count). The topological polar surface area (TPSA) is 66.5 Å². The van der Waals surface area contributed by atoms with Gasteiger partial charge in [0, 0.05) is 28.7 Å². The Labute approximate surface area is 167 Å². The Morgan fingerprint density at radius 3 is 2.44 bits per heavy atom. The van der Waals surface area contributed by atoms with Gasteiger partial charge in [-0.25, -0.2) is 12.8 Å². The van der Waals surface area contributed by atoms with Crippen LogP contribution in [-0.4, -0.2) is 31.7 Å². The first-order chi connectivity index (χ1) is 12.8. The van der Waals surface area contributed by atoms with Gasteiger partial charge >= 0.3 is 0 Å². The van der Waals surface area contributed by atoms with Gasteiger partial charge in [-0.2, -0.15) is 4.31 Å². The van der Waals surface area contributed by atoms with E-state index in [2.05, 4.69) is 11.9 Å². The highest BCUT2D eigenvalue weighted by Crippen LogP contribution is 2.25. The Bertz CT molecular complexity index is 914. The van der Waals surface area contributed by atoms with Gasteiger partial charge in [0.2, 0.25) is 15.9 Å². The summed E-state index contributed by atoms with van der Waals surface area (Å²) in [4.78, 5) is 12.0. The van der Waals surface area contributed by atoms with Gasteiger partial charge in [0.1, 0.15) is 5.82 Å². The molecular weight excluding hydrogens is 414 g/mol. The van der Waals surface area contributed by atoms with E-state index in [1.54, 1.807) is 0 Å². The largest absolute Gasteiger partial charge is 0.351 e. The van der Waals surface area contributed by atoms with Crippen LogP contribution < -0.4 is 5.32 Å². The second-order valence-electron chi connectivity index (χ2n) is 5.52. The van der Waals surface area contributed by atoms with Crippen LogP contribution in [0.4, 0.5) is 4.39 Å². The molecule has 0 aromatic heterocycles. The summed E-state index contributed by atoms with van der Waals surface area (Å²) in [5.41, 5.74) is -0.0202. The summed E-state index contributed by atoms with van der Waals surface area (Å²) >= 11 is 11.8. The highest BCUT2D eigenvalue weighted by molar-refractivity contribution is 7.89. The molecule has 0 saturated carbocycles. The molecule has 9 heteroatoms. The van der Waals surface area contributed by atoms with Crippen LogP contribution in [0.15, 0.2) is 60.0 Å². The van der Waals surface area contributed by atoms with E-state index in [0.29, 0.717) is 5.02 Å². The molecule has 2 aromatic carbocycles. The van der Waals surface area contributed by atoms with Crippen molar-refractivity contribution in [2.24, 2.45) is 0 Å². The molecule has 27 heavy (non-hydrogen) atoms. The number of hydrogen-bond donors (Lipinski definition) is 1. The molecule has 0 radical (unpaired) electrons. The molecule has 0 heterocycles. The van der Waals surface area contributed by atoms with Crippen molar-refractivity contribution in [2.75, 3.05) is 13.1 Å². The van der Waals surface area contributed by atoms with E-state index < -0.39 is 34.8 Å². The maximum atomic E-state index is 14.2. The molecule has 0 fully saturated rings. The minimum absolute atomic E-state index is 0.0202. The minimum Gasteiger partial charge on any atom is -0.351 e. The molecule has 0 aliphatic rings. The molecule has 0 unspecified atom stereocenters. The number of nitrogens with zero attached hydrogens (tertiary/aromatic N) is 1. The predicted molar refractivity (Wildman–Crippen MR) is 104 cm³/mol. The SMILES string of the molecule is C=CCNC(=O)CN(Cc1c(F)cccc1Cl)S(=O)(=O)c1ccc(Cl)cc1. The van der Waals surface area contributed by atoms with E-state index in [-0.39, 0.29) is 22.0 Å². The van der Waals surface area contributed by atoms with E-state index in [9.17, 15) is 17.6 Å². The monoisotopic (exact) mass is 430 g/mol. The number of benzene rings is 2. The number of amides is 1. The number of nitrogens with one attached hydrogen (secondary N) is 1. The number of rotatable bonds is 8. The van der Waals surface area contributed by atoms with Crippen LogP contribution in [0.25, 0.3) is 0 Å². The molecule has 0 bridgehead atoms. The van der Waals surface area contributed by atoms with Gasteiger partial charge in [0.25, 0.3) is 0 Å². The summed E-state index contributed by atoms with van der Waals surface area (Å²) in [6, 6.07) is 9.50. The van der Waals surface area contributed by atoms with Crippen LogP contribution in [0.2, 0.25) is 10.0 Å². The molecule has 2 aromatic rings. The molecule has 144 valence electrons. The zero-order chi connectivity index (χ0) is 20.0. The summed E-state index contributed by atoms with van der Waals surface area (Å²) in [6.45, 7) is 2.74. The molecule has 0 atom stereocenters. The molecule has 0 spiro atoms. The van der Waals surface area contributed by atoms with Crippen molar-refractivity contribution in [1.29, 1.82) is 0 Å². The lowest BCUT2D eigenvalue weighted by Crippen LogP contribution is -2.40. The van der Waals surface area contributed by atoms with Crippen molar-refractivity contribution in [3.8, 4) is 0 Å². The van der Waals surface area contributed by atoms with Crippen LogP contribution >= 0.6 is 23.2 Å². The Hall–Kier alpha value is -1.93. The lowest BCUT2D eigenvalue weighted by Gasteiger charge is -2.22. The van der Waals surface area contributed by atoms with Gasteiger partial charge < -0.3 is 5.32 Å². The third-order valence-electron chi connectivity index (χ3n) is 3.61. The first-order valence-electron chi connectivity index (χ1n) is 7.82. The smallest absolute Gasteiger partial charge is 0.243 e. The average molecular weight is 431 g/mol. The quantitative estimate of drug-likeness (QED) is 0.650. The zero-order valence-corrected chi connectivity index (χ0v) is 16.5. The Balaban J connectivity index is 2.41. The first kappa shape index (κ1) is 21.4. The van der Waals surface area contributed by atoms with Crippen molar-refractivity contribution < 1.29 is 17.6 Å². The van der Waals surface area contributed by atoms with Gasteiger partial charge in [-0.15, -0.1) is 6.58 Å². The van der Waals surface area contributed by atoms with Gasteiger partial charge in [-0.1, -0.05) is 35.3 Å². The van der Waals surface area contributed by atoms with Gasteiger partial charge in [0.15, 0.2) is 0 Å². The van der Waals surface area contributed by atoms with Gasteiger partial charge in [-0.05, 0) is 36.4 Å². The Morgan fingerprint density at radius 2 is 1.85 bits per heavy atom. The zero-order valence-electron chi connectivity index (χ0n) is 14.2. The highest BCUT2D eigenvalue weighted by Gasteiger charge is 2.28. The van der Waals surface area contributed by atoms with E-state index in [0.717, 1.165) is 4.31 Å². The van der Waals surface area contributed by atoms with Gasteiger partial charge in [0.05, 0.1) is 11.4 Å². The second kappa shape index (κ2) is 9.32. The van der Waals surface area contributed by atoms with Crippen LogP contribution in [0.1, 0.15) is 5.56 Å². The molecule has 0 aliphatic heterocycles. The maximum absolute atomic E-state index is 14.2. The summed E-state index contributed by atoms with van der Waals surface area (Å²) in [5.74, 6) is -1.22. The standard InChI is InChI=1S/C18H17Cl2FN2O3S/c1-2-10-22-18(24)12-23(11-15-16(20)4-3-5-17(15)21)27(25,26)14-8-6-13(19)7-9-14/h2-9H,1,10-12H2,(H,22,24). The molecular formula is C18H17Cl2FN2O3S. The summed E-state index contributed by atoms with van der Waals surface area (Å²) in [6.07, 6.45) is 1.46. The number of sulfonamides is 1. The fraction of sp³-hybridized carbons (Fsp3) is 0.167. The normalized spacial score (nSPS) is 11.4. The summed E-state index contributed by atoms with van der Waals surface area (Å²) < 4.78 is 41.0. The van der Waals surface area contributed by atoms with Crippen molar-refractivity contribution in [1.82, 2.24) is 9.62 Å². The lowest BCUT2D eigenvalue weighted by atomic mass is 10.2. The van der Waals surface area contributed by atoms with E-state index >= 15 is 0 Å². The number of carbonyl (C=O) groups is 1. The number of halogens is 3. The minimum atomic E-state index is -4.11. The summed E-state index contributed by atoms with van der Waals surface area (Å²) in [5, 5.41) is 2.93. The van der Waals surface area contributed by atoms with E-state index in [1.807, 2.05) is 0 Å². The predicted octanol–water partition coefficient (Wildman–Crippen LogP) is 3.63. The molecule has 1 N–H and O–H groups in total. The average Bonchev–Trinajstić information content (AvgIpc) is 2.62. The van der Waals surface area contributed by atoms with Crippen LogP contribution in [0.5, 0.6) is 0 Å². The van der Waals surface area contributed by atoms with Crippen molar-refractivity contribution in [2.45, 2.75) is 11.4 Å². The van der Waals surface area contributed by atoms with Crippen LogP contribution in [0, 0.1) is 5.82 Å². The maximum Gasteiger partial charge on any atom is 0.243 e. The van der Waals surface area contributed by atoms with Crippen LogP contribution in [0.3, 0.4) is 0 Å². The third kappa shape index (κ3) is 5.52. The van der Waals surface area contributed by atoms with Gasteiger partial charge in [-0.3, -0.25) is 4.79 Å².